The summed E-state index contributed by atoms with van der Waals surface area (Å²) in [4.78, 5) is 19.7. The summed E-state index contributed by atoms with van der Waals surface area (Å²) in [6.07, 6.45) is 2.44. The van der Waals surface area contributed by atoms with Crippen molar-refractivity contribution < 1.29 is 9.32 Å². The van der Waals surface area contributed by atoms with Crippen LogP contribution in [0.1, 0.15) is 12.3 Å². The van der Waals surface area contributed by atoms with Gasteiger partial charge in [-0.1, -0.05) is 35.0 Å². The number of benzene rings is 2. The fourth-order valence-corrected chi connectivity index (χ4v) is 2.96. The minimum absolute atomic E-state index is 0.115. The molecule has 4 aromatic rings. The van der Waals surface area contributed by atoms with Crippen molar-refractivity contribution in [2.45, 2.75) is 12.8 Å². The Morgan fingerprint density at radius 2 is 2.04 bits per heavy atom. The van der Waals surface area contributed by atoms with Crippen molar-refractivity contribution in [1.82, 2.24) is 15.1 Å². The van der Waals surface area contributed by atoms with Crippen molar-refractivity contribution in [2.24, 2.45) is 0 Å². The van der Waals surface area contributed by atoms with E-state index in [1.807, 2.05) is 48.7 Å². The molecule has 0 fully saturated rings. The number of hydrogen-bond donors (Lipinski definition) is 2. The second kappa shape index (κ2) is 7.01. The molecule has 0 aliphatic rings. The molecule has 0 aliphatic heterocycles. The van der Waals surface area contributed by atoms with E-state index in [2.05, 4.69) is 20.4 Å². The summed E-state index contributed by atoms with van der Waals surface area (Å²) in [5.41, 5.74) is 2.45. The average Bonchev–Trinajstić information content (AvgIpc) is 3.30. The topological polar surface area (TPSA) is 83.8 Å². The van der Waals surface area contributed by atoms with E-state index in [-0.39, 0.29) is 12.3 Å². The molecule has 0 radical (unpaired) electrons. The first-order chi connectivity index (χ1) is 12.7. The Morgan fingerprint density at radius 1 is 1.15 bits per heavy atom. The van der Waals surface area contributed by atoms with E-state index in [4.69, 9.17) is 16.1 Å². The largest absolute Gasteiger partial charge is 0.361 e. The number of aryl methyl sites for hydroxylation is 1. The third kappa shape index (κ3) is 3.32. The number of carbonyl (C=O) groups excluding carboxylic acids is 1. The first-order valence-electron chi connectivity index (χ1n) is 8.14. The smallest absolute Gasteiger partial charge is 0.227 e. The van der Waals surface area contributed by atoms with Crippen LogP contribution in [0.4, 0.5) is 5.69 Å². The van der Waals surface area contributed by atoms with Gasteiger partial charge in [-0.3, -0.25) is 4.79 Å². The van der Waals surface area contributed by atoms with Crippen LogP contribution in [0.25, 0.3) is 22.3 Å². The molecule has 0 aliphatic carbocycles. The molecular formula is C19H15ClN4O2. The van der Waals surface area contributed by atoms with Gasteiger partial charge in [0.25, 0.3) is 0 Å². The van der Waals surface area contributed by atoms with E-state index < -0.39 is 0 Å². The van der Waals surface area contributed by atoms with Crippen molar-refractivity contribution >= 4 is 34.1 Å². The quantitative estimate of drug-likeness (QED) is 0.546. The maximum absolute atomic E-state index is 12.2. The van der Waals surface area contributed by atoms with Gasteiger partial charge in [-0.15, -0.1) is 0 Å². The third-order valence-corrected chi connectivity index (χ3v) is 4.35. The Kier molecular flexibility index (Phi) is 4.41. The Morgan fingerprint density at radius 3 is 2.92 bits per heavy atom. The summed E-state index contributed by atoms with van der Waals surface area (Å²) in [6.45, 7) is 0. The Labute approximate surface area is 154 Å². The number of hydrogen-bond acceptors (Lipinski definition) is 4. The van der Waals surface area contributed by atoms with Gasteiger partial charge in [0.15, 0.2) is 0 Å². The fourth-order valence-electron chi connectivity index (χ4n) is 2.74. The van der Waals surface area contributed by atoms with Crippen LogP contribution in [0.2, 0.25) is 5.02 Å². The Balaban J connectivity index is 1.41. The zero-order valence-corrected chi connectivity index (χ0v) is 14.5. The van der Waals surface area contributed by atoms with Gasteiger partial charge in [0.05, 0.1) is 10.7 Å². The van der Waals surface area contributed by atoms with Crippen LogP contribution in [0, 0.1) is 0 Å². The molecule has 0 atom stereocenters. The van der Waals surface area contributed by atoms with Gasteiger partial charge in [-0.25, -0.2) is 0 Å². The van der Waals surface area contributed by atoms with E-state index in [9.17, 15) is 4.79 Å². The second-order valence-corrected chi connectivity index (χ2v) is 6.19. The highest BCUT2D eigenvalue weighted by molar-refractivity contribution is 6.33. The van der Waals surface area contributed by atoms with E-state index in [0.717, 1.165) is 16.6 Å². The number of anilines is 1. The molecule has 2 aromatic carbocycles. The molecule has 6 nitrogen and oxygen atoms in total. The molecule has 0 unspecified atom stereocenters. The minimum atomic E-state index is -0.115. The normalized spacial score (nSPS) is 11.0. The molecule has 2 N–H and O–H groups in total. The molecule has 2 heterocycles. The highest BCUT2D eigenvalue weighted by atomic mass is 35.5. The molecule has 0 saturated heterocycles. The minimum Gasteiger partial charge on any atom is -0.361 e. The highest BCUT2D eigenvalue weighted by Crippen LogP contribution is 2.25. The van der Waals surface area contributed by atoms with Gasteiger partial charge in [0, 0.05) is 35.5 Å². The van der Waals surface area contributed by atoms with Crippen LogP contribution in [-0.2, 0) is 11.2 Å². The SMILES string of the molecule is O=C(CCc1nc(-c2ccccc2Cl)no1)Nc1cccc2[nH]ccc12. The summed E-state index contributed by atoms with van der Waals surface area (Å²) >= 11 is 6.14. The Hall–Kier alpha value is -3.12. The van der Waals surface area contributed by atoms with Crippen LogP contribution in [-0.4, -0.2) is 21.0 Å². The van der Waals surface area contributed by atoms with Crippen molar-refractivity contribution in [2.75, 3.05) is 5.32 Å². The summed E-state index contributed by atoms with van der Waals surface area (Å²) in [5, 5.41) is 8.38. The first kappa shape index (κ1) is 16.4. The summed E-state index contributed by atoms with van der Waals surface area (Å²) < 4.78 is 5.23. The number of nitrogens with zero attached hydrogens (tertiary/aromatic N) is 2. The van der Waals surface area contributed by atoms with Gasteiger partial charge in [-0.2, -0.15) is 4.98 Å². The molecule has 2 aromatic heterocycles. The number of carbonyl (C=O) groups is 1. The molecular weight excluding hydrogens is 352 g/mol. The van der Waals surface area contributed by atoms with E-state index in [0.29, 0.717) is 28.7 Å². The first-order valence-corrected chi connectivity index (χ1v) is 8.52. The van der Waals surface area contributed by atoms with Crippen LogP contribution in [0.5, 0.6) is 0 Å². The lowest BCUT2D eigenvalue weighted by molar-refractivity contribution is -0.116. The van der Waals surface area contributed by atoms with Gasteiger partial charge >= 0.3 is 0 Å². The van der Waals surface area contributed by atoms with Gasteiger partial charge in [0.1, 0.15) is 0 Å². The number of H-pyrrole nitrogens is 1. The monoisotopic (exact) mass is 366 g/mol. The molecule has 0 bridgehead atoms. The number of amides is 1. The molecule has 1 amide bonds. The lowest BCUT2D eigenvalue weighted by Gasteiger charge is -2.05. The highest BCUT2D eigenvalue weighted by Gasteiger charge is 2.13. The van der Waals surface area contributed by atoms with Crippen molar-refractivity contribution in [1.29, 1.82) is 0 Å². The summed E-state index contributed by atoms with van der Waals surface area (Å²) in [6, 6.07) is 14.9. The molecule has 4 rings (SSSR count). The van der Waals surface area contributed by atoms with Crippen LogP contribution < -0.4 is 5.32 Å². The van der Waals surface area contributed by atoms with E-state index in [1.54, 1.807) is 6.07 Å². The van der Waals surface area contributed by atoms with Crippen molar-refractivity contribution in [3.63, 3.8) is 0 Å². The molecule has 130 valence electrons. The van der Waals surface area contributed by atoms with Gasteiger partial charge in [0.2, 0.25) is 17.6 Å². The number of nitrogens with one attached hydrogen (secondary N) is 2. The predicted molar refractivity (Wildman–Crippen MR) is 100.0 cm³/mol. The second-order valence-electron chi connectivity index (χ2n) is 5.78. The molecule has 7 heteroatoms. The number of fused-ring (bicyclic) bond motifs is 1. The van der Waals surface area contributed by atoms with Crippen molar-refractivity contribution in [3.05, 3.63) is 65.6 Å². The van der Waals surface area contributed by atoms with E-state index >= 15 is 0 Å². The third-order valence-electron chi connectivity index (χ3n) is 4.02. The van der Waals surface area contributed by atoms with Crippen LogP contribution in [0.15, 0.2) is 59.3 Å². The fraction of sp³-hybridized carbons (Fsp3) is 0.105. The molecule has 0 spiro atoms. The van der Waals surface area contributed by atoms with Crippen molar-refractivity contribution in [3.8, 4) is 11.4 Å². The molecule has 0 saturated carbocycles. The van der Waals surface area contributed by atoms with Gasteiger partial charge < -0.3 is 14.8 Å². The summed E-state index contributed by atoms with van der Waals surface area (Å²) in [5.74, 6) is 0.703. The van der Waals surface area contributed by atoms with Crippen LogP contribution >= 0.6 is 11.6 Å². The number of aromatic nitrogens is 3. The maximum atomic E-state index is 12.2. The average molecular weight is 367 g/mol. The number of aromatic amines is 1. The lowest BCUT2D eigenvalue weighted by atomic mass is 10.2. The maximum Gasteiger partial charge on any atom is 0.227 e. The standard InChI is InChI=1S/C19H15ClN4O2/c20-14-5-2-1-4-12(14)19-23-18(26-24-19)9-8-17(25)22-16-7-3-6-15-13(16)10-11-21-15/h1-7,10-11,21H,8-9H2,(H,22,25). The van der Waals surface area contributed by atoms with Gasteiger partial charge in [-0.05, 0) is 30.3 Å². The summed E-state index contributed by atoms with van der Waals surface area (Å²) in [7, 11) is 0. The number of halogens is 1. The predicted octanol–water partition coefficient (Wildman–Crippen LogP) is 4.44. The Bertz CT molecular complexity index is 1070. The zero-order chi connectivity index (χ0) is 17.9. The molecule has 26 heavy (non-hydrogen) atoms. The van der Waals surface area contributed by atoms with Crippen LogP contribution in [0.3, 0.4) is 0 Å². The number of rotatable bonds is 5. The van der Waals surface area contributed by atoms with E-state index in [1.165, 1.54) is 0 Å². The lowest BCUT2D eigenvalue weighted by Crippen LogP contribution is -2.12. The zero-order valence-electron chi connectivity index (χ0n) is 13.7.